The summed E-state index contributed by atoms with van der Waals surface area (Å²) in [5, 5.41) is 0. The summed E-state index contributed by atoms with van der Waals surface area (Å²) in [5.41, 5.74) is 0. The van der Waals surface area contributed by atoms with E-state index >= 15 is 0 Å². The van der Waals surface area contributed by atoms with Crippen molar-refractivity contribution in [3.05, 3.63) is 6.92 Å². The third kappa shape index (κ3) is 10.1. The lowest BCUT2D eigenvalue weighted by Gasteiger charge is -2.11. The molecule has 0 heteroatoms. The third-order valence-electron chi connectivity index (χ3n) is 2.94. The van der Waals surface area contributed by atoms with Crippen molar-refractivity contribution in [2.75, 3.05) is 0 Å². The summed E-state index contributed by atoms with van der Waals surface area (Å²) in [6, 6.07) is 0. The van der Waals surface area contributed by atoms with Gasteiger partial charge in [0.05, 0.1) is 0 Å². The number of hydrogen-bond donors (Lipinski definition) is 0. The van der Waals surface area contributed by atoms with Crippen LogP contribution < -0.4 is 0 Å². The Morgan fingerprint density at radius 2 is 1.36 bits per heavy atom. The molecule has 0 nitrogen and oxygen atoms in total. The molecule has 0 rings (SSSR count). The molecule has 1 radical (unpaired) electrons. The van der Waals surface area contributed by atoms with E-state index in [4.69, 9.17) is 0 Å². The highest BCUT2D eigenvalue weighted by Crippen LogP contribution is 2.17. The fourth-order valence-corrected chi connectivity index (χ4v) is 1.87. The predicted octanol–water partition coefficient (Wildman–Crippen LogP) is 5.23. The zero-order chi connectivity index (χ0) is 10.8. The molecular formula is C14H29. The van der Waals surface area contributed by atoms with Gasteiger partial charge in [0.2, 0.25) is 0 Å². The fraction of sp³-hybridized carbons (Fsp3) is 0.929. The largest absolute Gasteiger partial charge is 0.0654 e. The van der Waals surface area contributed by atoms with Crippen LogP contribution in [0.25, 0.3) is 0 Å². The van der Waals surface area contributed by atoms with E-state index in [0.29, 0.717) is 5.92 Å². The van der Waals surface area contributed by atoms with Crippen molar-refractivity contribution in [3.8, 4) is 0 Å². The molecule has 0 N–H and O–H groups in total. The summed E-state index contributed by atoms with van der Waals surface area (Å²) in [5.74, 6) is 1.59. The van der Waals surface area contributed by atoms with Crippen molar-refractivity contribution in [3.63, 3.8) is 0 Å². The second kappa shape index (κ2) is 9.55. The minimum Gasteiger partial charge on any atom is -0.0654 e. The van der Waals surface area contributed by atoms with Crippen LogP contribution in [0.1, 0.15) is 72.1 Å². The monoisotopic (exact) mass is 197 g/mol. The van der Waals surface area contributed by atoms with Crippen molar-refractivity contribution >= 4 is 0 Å². The molecule has 0 saturated heterocycles. The summed E-state index contributed by atoms with van der Waals surface area (Å²) in [6.45, 7) is 10.9. The lowest BCUT2D eigenvalue weighted by atomic mass is 9.95. The van der Waals surface area contributed by atoms with Crippen molar-refractivity contribution < 1.29 is 0 Å². The molecular weight excluding hydrogens is 168 g/mol. The first-order valence-corrected chi connectivity index (χ1v) is 6.49. The molecule has 0 aliphatic carbocycles. The molecule has 0 aromatic carbocycles. The topological polar surface area (TPSA) is 0 Å². The van der Waals surface area contributed by atoms with Gasteiger partial charge in [-0.3, -0.25) is 0 Å². The average molecular weight is 197 g/mol. The minimum atomic E-state index is 0.644. The Hall–Kier alpha value is 0. The molecule has 2 unspecified atom stereocenters. The smallest absolute Gasteiger partial charge is 0.0443 e. The maximum atomic E-state index is 4.02. The van der Waals surface area contributed by atoms with E-state index in [1.807, 2.05) is 0 Å². The summed E-state index contributed by atoms with van der Waals surface area (Å²) in [7, 11) is 0. The quantitative estimate of drug-likeness (QED) is 0.444. The molecule has 0 aliphatic rings. The van der Waals surface area contributed by atoms with Crippen LogP contribution in [0.4, 0.5) is 0 Å². The Labute approximate surface area is 91.5 Å². The highest BCUT2D eigenvalue weighted by Gasteiger charge is 2.02. The van der Waals surface area contributed by atoms with E-state index < -0.39 is 0 Å². The van der Waals surface area contributed by atoms with Gasteiger partial charge in [0.15, 0.2) is 0 Å². The normalized spacial score (nSPS) is 13.5. The van der Waals surface area contributed by atoms with E-state index in [0.717, 1.165) is 5.92 Å². The molecule has 0 fully saturated rings. The summed E-state index contributed by atoms with van der Waals surface area (Å²) >= 11 is 0. The molecule has 0 amide bonds. The van der Waals surface area contributed by atoms with Crippen LogP contribution in [0.5, 0.6) is 0 Å². The molecule has 0 bridgehead atoms. The van der Waals surface area contributed by atoms with Crippen LogP contribution in [-0.4, -0.2) is 0 Å². The lowest BCUT2D eigenvalue weighted by Crippen LogP contribution is -1.96. The maximum Gasteiger partial charge on any atom is -0.0443 e. The summed E-state index contributed by atoms with van der Waals surface area (Å²) < 4.78 is 0. The first-order valence-electron chi connectivity index (χ1n) is 6.49. The summed E-state index contributed by atoms with van der Waals surface area (Å²) in [4.78, 5) is 0. The van der Waals surface area contributed by atoms with Gasteiger partial charge < -0.3 is 0 Å². The molecule has 14 heavy (non-hydrogen) atoms. The van der Waals surface area contributed by atoms with Crippen molar-refractivity contribution in [1.29, 1.82) is 0 Å². The van der Waals surface area contributed by atoms with Gasteiger partial charge in [-0.15, -0.1) is 0 Å². The van der Waals surface area contributed by atoms with Crippen LogP contribution in [-0.2, 0) is 0 Å². The Bertz CT molecular complexity index is 105. The van der Waals surface area contributed by atoms with Gasteiger partial charge in [0.1, 0.15) is 0 Å². The molecule has 0 aromatic heterocycles. The Kier molecular flexibility index (Phi) is 9.55. The second-order valence-electron chi connectivity index (χ2n) is 4.99. The van der Waals surface area contributed by atoms with Crippen LogP contribution in [0, 0.1) is 18.8 Å². The predicted molar refractivity (Wildman–Crippen MR) is 66.3 cm³/mol. The Morgan fingerprint density at radius 1 is 0.857 bits per heavy atom. The lowest BCUT2D eigenvalue weighted by molar-refractivity contribution is 0.432. The average Bonchev–Trinajstić information content (AvgIpc) is 2.13. The van der Waals surface area contributed by atoms with Crippen LogP contribution in [0.2, 0.25) is 0 Å². The van der Waals surface area contributed by atoms with Crippen LogP contribution in [0.3, 0.4) is 0 Å². The minimum absolute atomic E-state index is 0.644. The van der Waals surface area contributed by atoms with Gasteiger partial charge in [-0.1, -0.05) is 79.1 Å². The van der Waals surface area contributed by atoms with E-state index in [1.165, 1.54) is 51.4 Å². The van der Waals surface area contributed by atoms with Gasteiger partial charge in [-0.25, -0.2) is 0 Å². The van der Waals surface area contributed by atoms with Crippen LogP contribution >= 0.6 is 0 Å². The fourth-order valence-electron chi connectivity index (χ4n) is 1.87. The van der Waals surface area contributed by atoms with Gasteiger partial charge >= 0.3 is 0 Å². The highest BCUT2D eigenvalue weighted by atomic mass is 14.1. The van der Waals surface area contributed by atoms with Crippen molar-refractivity contribution in [2.45, 2.75) is 72.1 Å². The molecule has 0 aliphatic heterocycles. The van der Waals surface area contributed by atoms with E-state index in [1.54, 1.807) is 0 Å². The van der Waals surface area contributed by atoms with Gasteiger partial charge in [0.25, 0.3) is 0 Å². The van der Waals surface area contributed by atoms with Crippen molar-refractivity contribution in [1.82, 2.24) is 0 Å². The Morgan fingerprint density at radius 3 is 1.86 bits per heavy atom. The van der Waals surface area contributed by atoms with Crippen molar-refractivity contribution in [2.24, 2.45) is 11.8 Å². The number of hydrogen-bond acceptors (Lipinski definition) is 0. The van der Waals surface area contributed by atoms with Gasteiger partial charge in [0, 0.05) is 0 Å². The molecule has 85 valence electrons. The van der Waals surface area contributed by atoms with E-state index in [2.05, 4.69) is 27.7 Å². The van der Waals surface area contributed by atoms with Gasteiger partial charge in [-0.05, 0) is 11.8 Å². The zero-order valence-corrected chi connectivity index (χ0v) is 10.5. The number of rotatable bonds is 9. The van der Waals surface area contributed by atoms with Gasteiger partial charge in [-0.2, -0.15) is 0 Å². The number of unbranched alkanes of at least 4 members (excludes halogenated alkanes) is 3. The first kappa shape index (κ1) is 14.0. The molecule has 0 heterocycles. The Balaban J connectivity index is 3.14. The molecule has 0 saturated carbocycles. The summed E-state index contributed by atoms with van der Waals surface area (Å²) in [6.07, 6.45) is 11.2. The first-order chi connectivity index (χ1) is 6.66. The maximum absolute atomic E-state index is 4.02. The molecule has 0 aromatic rings. The zero-order valence-electron chi connectivity index (χ0n) is 10.5. The SMILES string of the molecule is [CH2]C(C)CCCCC(C)CCCCC. The standard InChI is InChI=1S/C14H29/c1-5-6-7-11-14(4)12-9-8-10-13(2)3/h13-14H,2,5-12H2,1,3-4H3. The molecule has 0 spiro atoms. The van der Waals surface area contributed by atoms with E-state index in [-0.39, 0.29) is 0 Å². The second-order valence-corrected chi connectivity index (χ2v) is 4.99. The highest BCUT2D eigenvalue weighted by molar-refractivity contribution is 4.57. The molecule has 2 atom stereocenters. The third-order valence-corrected chi connectivity index (χ3v) is 2.94. The van der Waals surface area contributed by atoms with Crippen LogP contribution in [0.15, 0.2) is 0 Å². The van der Waals surface area contributed by atoms with E-state index in [9.17, 15) is 0 Å².